The van der Waals surface area contributed by atoms with Gasteiger partial charge in [0.05, 0.1) is 23.4 Å². The molecule has 1 unspecified atom stereocenters. The molecule has 0 radical (unpaired) electrons. The van der Waals surface area contributed by atoms with Gasteiger partial charge in [-0.25, -0.2) is 14.4 Å². The van der Waals surface area contributed by atoms with Gasteiger partial charge in [0.15, 0.2) is 5.69 Å². The third-order valence-electron chi connectivity index (χ3n) is 4.60. The highest BCUT2D eigenvalue weighted by molar-refractivity contribution is 5.92. The first kappa shape index (κ1) is 17.9. The van der Waals surface area contributed by atoms with Crippen molar-refractivity contribution < 1.29 is 13.6 Å². The van der Waals surface area contributed by atoms with Gasteiger partial charge in [0.25, 0.3) is 5.91 Å². The Hall–Kier alpha value is -3.48. The molecule has 28 heavy (non-hydrogen) atoms. The zero-order chi connectivity index (χ0) is 19.5. The van der Waals surface area contributed by atoms with Crippen LogP contribution in [-0.2, 0) is 6.54 Å². The highest BCUT2D eigenvalue weighted by Gasteiger charge is 2.18. The summed E-state index contributed by atoms with van der Waals surface area (Å²) in [7, 11) is 0. The number of benzene rings is 2. The lowest BCUT2D eigenvalue weighted by Crippen LogP contribution is -2.28. The van der Waals surface area contributed by atoms with Crippen LogP contribution >= 0.6 is 0 Å². The number of nitrogens with zero attached hydrogens (tertiary/aromatic N) is 3. The zero-order valence-electron chi connectivity index (χ0n) is 15.3. The Bertz CT molecular complexity index is 1100. The number of hydrogen-bond acceptors (Lipinski definition) is 4. The second-order valence-corrected chi connectivity index (χ2v) is 6.47. The number of oxazole rings is 1. The zero-order valence-corrected chi connectivity index (χ0v) is 15.3. The fourth-order valence-corrected chi connectivity index (χ4v) is 3.12. The summed E-state index contributed by atoms with van der Waals surface area (Å²) < 4.78 is 20.5. The standard InChI is InChI=1S/C21H19FN4O2/c1-2-16(14-7-9-15(22)10-8-14)25-21(27)18-12-28-20(24-18)11-26-13-23-17-5-3-4-6-19(17)26/h3-10,12-13,16H,2,11H2,1H3,(H,25,27). The van der Waals surface area contributed by atoms with E-state index >= 15 is 0 Å². The second kappa shape index (κ2) is 7.64. The molecule has 1 amide bonds. The molecule has 2 aromatic heterocycles. The predicted molar refractivity (Wildman–Crippen MR) is 102 cm³/mol. The average molecular weight is 378 g/mol. The summed E-state index contributed by atoms with van der Waals surface area (Å²) in [5.74, 6) is -0.220. The minimum atomic E-state index is -0.332. The summed E-state index contributed by atoms with van der Waals surface area (Å²) in [6, 6.07) is 13.6. The van der Waals surface area contributed by atoms with Gasteiger partial charge in [-0.1, -0.05) is 31.2 Å². The van der Waals surface area contributed by atoms with Gasteiger partial charge in [0, 0.05) is 0 Å². The van der Waals surface area contributed by atoms with Crippen molar-refractivity contribution in [3.8, 4) is 0 Å². The summed E-state index contributed by atoms with van der Waals surface area (Å²) in [6.07, 6.45) is 3.74. The lowest BCUT2D eigenvalue weighted by Gasteiger charge is -2.16. The van der Waals surface area contributed by atoms with Crippen LogP contribution in [0.3, 0.4) is 0 Å². The third kappa shape index (κ3) is 3.64. The number of fused-ring (bicyclic) bond motifs is 1. The highest BCUT2D eigenvalue weighted by Crippen LogP contribution is 2.18. The first-order chi connectivity index (χ1) is 13.6. The molecule has 6 nitrogen and oxygen atoms in total. The Labute approximate surface area is 161 Å². The molecule has 0 aliphatic carbocycles. The SMILES string of the molecule is CCC(NC(=O)c1coc(Cn2cnc3ccccc32)n1)c1ccc(F)cc1. The number of hydrogen-bond donors (Lipinski definition) is 1. The molecule has 4 aromatic rings. The fourth-order valence-electron chi connectivity index (χ4n) is 3.12. The molecule has 0 aliphatic rings. The summed E-state index contributed by atoms with van der Waals surface area (Å²) in [5, 5.41) is 2.92. The number of para-hydroxylation sites is 2. The Morgan fingerprint density at radius 1 is 1.21 bits per heavy atom. The van der Waals surface area contributed by atoms with Crippen LogP contribution in [0.15, 0.2) is 65.5 Å². The summed E-state index contributed by atoms with van der Waals surface area (Å²) in [4.78, 5) is 21.2. The van der Waals surface area contributed by atoms with Crippen LogP contribution < -0.4 is 5.32 Å². The molecule has 4 rings (SSSR count). The summed E-state index contributed by atoms with van der Waals surface area (Å²) in [5.41, 5.74) is 2.90. The van der Waals surface area contributed by atoms with Crippen molar-refractivity contribution in [3.05, 3.63) is 84.1 Å². The van der Waals surface area contributed by atoms with Crippen molar-refractivity contribution in [2.75, 3.05) is 0 Å². The van der Waals surface area contributed by atoms with Crippen LogP contribution in [0.4, 0.5) is 4.39 Å². The molecular weight excluding hydrogens is 359 g/mol. The Balaban J connectivity index is 1.47. The number of amides is 1. The maximum atomic E-state index is 13.1. The minimum Gasteiger partial charge on any atom is -0.446 e. The van der Waals surface area contributed by atoms with Crippen molar-refractivity contribution in [2.24, 2.45) is 0 Å². The fraction of sp³-hybridized carbons (Fsp3) is 0.190. The number of carbonyl (C=O) groups excluding carboxylic acids is 1. The topological polar surface area (TPSA) is 73.0 Å². The van der Waals surface area contributed by atoms with E-state index in [0.29, 0.717) is 18.9 Å². The number of nitrogens with one attached hydrogen (secondary N) is 1. The van der Waals surface area contributed by atoms with E-state index in [1.54, 1.807) is 18.5 Å². The number of aromatic nitrogens is 3. The number of halogens is 1. The van der Waals surface area contributed by atoms with E-state index in [0.717, 1.165) is 16.6 Å². The van der Waals surface area contributed by atoms with E-state index < -0.39 is 0 Å². The Kier molecular flexibility index (Phi) is 4.89. The molecule has 0 spiro atoms. The van der Waals surface area contributed by atoms with E-state index in [1.807, 2.05) is 35.8 Å². The van der Waals surface area contributed by atoms with Crippen LogP contribution in [0.2, 0.25) is 0 Å². The van der Waals surface area contributed by atoms with E-state index in [4.69, 9.17) is 4.42 Å². The molecular formula is C21H19FN4O2. The first-order valence-electron chi connectivity index (χ1n) is 9.04. The smallest absolute Gasteiger partial charge is 0.273 e. The maximum absolute atomic E-state index is 13.1. The van der Waals surface area contributed by atoms with Gasteiger partial charge in [-0.15, -0.1) is 0 Å². The lowest BCUT2D eigenvalue weighted by molar-refractivity contribution is 0.0930. The van der Waals surface area contributed by atoms with Crippen LogP contribution in [-0.4, -0.2) is 20.4 Å². The average Bonchev–Trinajstić information content (AvgIpc) is 3.35. The molecule has 2 heterocycles. The second-order valence-electron chi connectivity index (χ2n) is 6.47. The normalized spacial score (nSPS) is 12.2. The lowest BCUT2D eigenvalue weighted by atomic mass is 10.0. The Morgan fingerprint density at radius 3 is 2.79 bits per heavy atom. The van der Waals surface area contributed by atoms with Gasteiger partial charge in [0.1, 0.15) is 18.6 Å². The van der Waals surface area contributed by atoms with Gasteiger partial charge in [-0.05, 0) is 36.2 Å². The molecule has 0 saturated carbocycles. The van der Waals surface area contributed by atoms with Crippen molar-refractivity contribution >= 4 is 16.9 Å². The third-order valence-corrected chi connectivity index (χ3v) is 4.60. The van der Waals surface area contributed by atoms with Gasteiger partial charge >= 0.3 is 0 Å². The van der Waals surface area contributed by atoms with E-state index in [1.165, 1.54) is 18.4 Å². The van der Waals surface area contributed by atoms with E-state index in [9.17, 15) is 9.18 Å². The van der Waals surface area contributed by atoms with Crippen LogP contribution in [0, 0.1) is 5.82 Å². The van der Waals surface area contributed by atoms with Gasteiger partial charge in [0.2, 0.25) is 5.89 Å². The van der Waals surface area contributed by atoms with Gasteiger partial charge in [-0.2, -0.15) is 0 Å². The largest absolute Gasteiger partial charge is 0.446 e. The monoisotopic (exact) mass is 378 g/mol. The molecule has 0 fully saturated rings. The molecule has 1 N–H and O–H groups in total. The van der Waals surface area contributed by atoms with Crippen molar-refractivity contribution in [3.63, 3.8) is 0 Å². The van der Waals surface area contributed by atoms with Crippen LogP contribution in [0.5, 0.6) is 0 Å². The Morgan fingerprint density at radius 2 is 2.00 bits per heavy atom. The molecule has 142 valence electrons. The first-order valence-corrected chi connectivity index (χ1v) is 9.04. The molecule has 2 aromatic carbocycles. The van der Waals surface area contributed by atoms with Crippen molar-refractivity contribution in [2.45, 2.75) is 25.9 Å². The van der Waals surface area contributed by atoms with E-state index in [2.05, 4.69) is 15.3 Å². The number of imidazole rings is 1. The predicted octanol–water partition coefficient (Wildman–Crippen LogP) is 4.09. The van der Waals surface area contributed by atoms with Crippen LogP contribution in [0.25, 0.3) is 11.0 Å². The summed E-state index contributed by atoms with van der Waals surface area (Å²) in [6.45, 7) is 2.33. The maximum Gasteiger partial charge on any atom is 0.273 e. The highest BCUT2D eigenvalue weighted by atomic mass is 19.1. The minimum absolute atomic E-state index is 0.208. The number of carbonyl (C=O) groups is 1. The van der Waals surface area contributed by atoms with E-state index in [-0.39, 0.29) is 23.5 Å². The molecule has 0 bridgehead atoms. The summed E-state index contributed by atoms with van der Waals surface area (Å²) >= 11 is 0. The molecule has 7 heteroatoms. The quantitative estimate of drug-likeness (QED) is 0.548. The van der Waals surface area contributed by atoms with Crippen LogP contribution in [0.1, 0.15) is 41.3 Å². The molecule has 0 saturated heterocycles. The van der Waals surface area contributed by atoms with Crippen molar-refractivity contribution in [1.82, 2.24) is 19.9 Å². The van der Waals surface area contributed by atoms with Crippen molar-refractivity contribution in [1.29, 1.82) is 0 Å². The van der Waals surface area contributed by atoms with Gasteiger partial charge in [-0.3, -0.25) is 4.79 Å². The number of rotatable bonds is 6. The van der Waals surface area contributed by atoms with Gasteiger partial charge < -0.3 is 14.3 Å². The molecule has 0 aliphatic heterocycles. The molecule has 1 atom stereocenters.